The van der Waals surface area contributed by atoms with E-state index < -0.39 is 0 Å². The summed E-state index contributed by atoms with van der Waals surface area (Å²) in [6, 6.07) is 15.6. The molecule has 2 amide bonds. The van der Waals surface area contributed by atoms with E-state index in [9.17, 15) is 9.59 Å². The molecule has 1 N–H and O–H groups in total. The first-order chi connectivity index (χ1) is 11.6. The molecule has 2 aromatic rings. The van der Waals surface area contributed by atoms with Crippen LogP contribution in [0.3, 0.4) is 0 Å². The van der Waals surface area contributed by atoms with Crippen molar-refractivity contribution in [2.75, 3.05) is 18.0 Å². The number of carbonyl (C=O) groups is 2. The topological polar surface area (TPSA) is 49.4 Å². The molecule has 0 atom stereocenters. The maximum absolute atomic E-state index is 12.5. The predicted octanol–water partition coefficient (Wildman–Crippen LogP) is 3.09. The second-order valence-corrected chi connectivity index (χ2v) is 6.78. The first-order valence-electron chi connectivity index (χ1n) is 8.03. The van der Waals surface area contributed by atoms with E-state index in [1.807, 2.05) is 42.5 Å². The van der Waals surface area contributed by atoms with Crippen LogP contribution in [0.1, 0.15) is 17.5 Å². The number of benzene rings is 2. The van der Waals surface area contributed by atoms with E-state index in [1.165, 1.54) is 5.56 Å². The van der Waals surface area contributed by atoms with E-state index in [-0.39, 0.29) is 24.8 Å². The van der Waals surface area contributed by atoms with E-state index in [1.54, 1.807) is 4.90 Å². The van der Waals surface area contributed by atoms with Gasteiger partial charge < -0.3 is 10.2 Å². The third kappa shape index (κ3) is 4.03. The Balaban J connectivity index is 1.57. The Morgan fingerprint density at radius 2 is 1.96 bits per heavy atom. The second-order valence-electron chi connectivity index (χ2n) is 5.86. The number of hydrogen-bond donors (Lipinski definition) is 1. The molecular weight excluding hydrogens is 368 g/mol. The lowest BCUT2D eigenvalue weighted by Crippen LogP contribution is -2.43. The van der Waals surface area contributed by atoms with Crippen LogP contribution in [0.15, 0.2) is 53.0 Å². The Bertz CT molecular complexity index is 761. The molecular formula is C19H19BrN2O2. The van der Waals surface area contributed by atoms with Gasteiger partial charge in [0, 0.05) is 16.7 Å². The Hall–Kier alpha value is -2.14. The molecule has 124 valence electrons. The summed E-state index contributed by atoms with van der Waals surface area (Å²) in [7, 11) is 0. The molecule has 3 rings (SSSR count). The fourth-order valence-corrected chi connectivity index (χ4v) is 3.40. The van der Waals surface area contributed by atoms with Gasteiger partial charge in [-0.1, -0.05) is 46.3 Å². The van der Waals surface area contributed by atoms with Crippen LogP contribution in [0.2, 0.25) is 0 Å². The zero-order chi connectivity index (χ0) is 16.9. The molecule has 0 saturated carbocycles. The highest BCUT2D eigenvalue weighted by atomic mass is 79.9. The van der Waals surface area contributed by atoms with Gasteiger partial charge in [0.1, 0.15) is 0 Å². The van der Waals surface area contributed by atoms with Gasteiger partial charge in [-0.25, -0.2) is 0 Å². The number of anilines is 1. The number of nitrogens with zero attached hydrogens (tertiary/aromatic N) is 1. The van der Waals surface area contributed by atoms with E-state index >= 15 is 0 Å². The Morgan fingerprint density at radius 3 is 2.79 bits per heavy atom. The minimum Gasteiger partial charge on any atom is -0.347 e. The SMILES string of the molecule is O=C(Cc1cccc(Br)c1)NCC(=O)N1CCCc2ccccc21. The molecule has 1 aliphatic rings. The van der Waals surface area contributed by atoms with Crippen molar-refractivity contribution in [2.24, 2.45) is 0 Å². The van der Waals surface area contributed by atoms with Crippen LogP contribution in [-0.4, -0.2) is 24.9 Å². The highest BCUT2D eigenvalue weighted by molar-refractivity contribution is 9.10. The zero-order valence-electron chi connectivity index (χ0n) is 13.3. The molecule has 0 aliphatic carbocycles. The van der Waals surface area contributed by atoms with Gasteiger partial charge in [-0.15, -0.1) is 0 Å². The monoisotopic (exact) mass is 386 g/mol. The van der Waals surface area contributed by atoms with Gasteiger partial charge in [-0.3, -0.25) is 9.59 Å². The highest BCUT2D eigenvalue weighted by Crippen LogP contribution is 2.26. The van der Waals surface area contributed by atoms with Crippen molar-refractivity contribution >= 4 is 33.4 Å². The Morgan fingerprint density at radius 1 is 1.12 bits per heavy atom. The van der Waals surface area contributed by atoms with Gasteiger partial charge in [0.05, 0.1) is 13.0 Å². The first-order valence-corrected chi connectivity index (χ1v) is 8.82. The number of rotatable bonds is 4. The van der Waals surface area contributed by atoms with Crippen molar-refractivity contribution in [1.82, 2.24) is 5.32 Å². The summed E-state index contributed by atoms with van der Waals surface area (Å²) in [5.74, 6) is -0.212. The lowest BCUT2D eigenvalue weighted by atomic mass is 10.0. The third-order valence-electron chi connectivity index (χ3n) is 4.10. The first kappa shape index (κ1) is 16.7. The van der Waals surface area contributed by atoms with Crippen molar-refractivity contribution in [3.05, 3.63) is 64.1 Å². The molecule has 0 radical (unpaired) electrons. The standard InChI is InChI=1S/C19H19BrN2O2/c20-16-8-3-5-14(11-16)12-18(23)21-13-19(24)22-10-4-7-15-6-1-2-9-17(15)22/h1-3,5-6,8-9,11H,4,7,10,12-13H2,(H,21,23). The number of nitrogens with one attached hydrogen (secondary N) is 1. The van der Waals surface area contributed by atoms with Crippen LogP contribution in [-0.2, 0) is 22.4 Å². The fourth-order valence-electron chi connectivity index (χ4n) is 2.96. The van der Waals surface area contributed by atoms with Crippen LogP contribution in [0.25, 0.3) is 0 Å². The summed E-state index contributed by atoms with van der Waals surface area (Å²) in [5, 5.41) is 2.73. The third-order valence-corrected chi connectivity index (χ3v) is 4.60. The van der Waals surface area contributed by atoms with Gasteiger partial charge in [-0.05, 0) is 42.2 Å². The fraction of sp³-hybridized carbons (Fsp3) is 0.263. The molecule has 4 nitrogen and oxygen atoms in total. The van der Waals surface area contributed by atoms with Crippen LogP contribution in [0.4, 0.5) is 5.69 Å². The Kier molecular flexibility index (Phi) is 5.30. The molecule has 2 aromatic carbocycles. The molecule has 0 fully saturated rings. The molecule has 1 aliphatic heterocycles. The van der Waals surface area contributed by atoms with Crippen LogP contribution >= 0.6 is 15.9 Å². The second kappa shape index (κ2) is 7.62. The van der Waals surface area contributed by atoms with Gasteiger partial charge in [0.2, 0.25) is 11.8 Å². The van der Waals surface area contributed by atoms with E-state index in [0.29, 0.717) is 6.54 Å². The van der Waals surface area contributed by atoms with E-state index in [4.69, 9.17) is 0 Å². The number of aryl methyl sites for hydroxylation is 1. The molecule has 24 heavy (non-hydrogen) atoms. The number of hydrogen-bond acceptors (Lipinski definition) is 2. The summed E-state index contributed by atoms with van der Waals surface area (Å²) >= 11 is 3.39. The summed E-state index contributed by atoms with van der Waals surface area (Å²) in [6.45, 7) is 0.735. The van der Waals surface area contributed by atoms with Crippen molar-refractivity contribution in [3.8, 4) is 0 Å². The minimum atomic E-state index is -0.147. The van der Waals surface area contributed by atoms with Crippen molar-refractivity contribution in [2.45, 2.75) is 19.3 Å². The molecule has 0 bridgehead atoms. The highest BCUT2D eigenvalue weighted by Gasteiger charge is 2.22. The van der Waals surface area contributed by atoms with Gasteiger partial charge in [0.25, 0.3) is 0 Å². The van der Waals surface area contributed by atoms with Crippen LogP contribution < -0.4 is 10.2 Å². The van der Waals surface area contributed by atoms with Crippen molar-refractivity contribution in [3.63, 3.8) is 0 Å². The van der Waals surface area contributed by atoms with E-state index in [2.05, 4.69) is 27.3 Å². The molecule has 0 aromatic heterocycles. The van der Waals surface area contributed by atoms with Gasteiger partial charge in [-0.2, -0.15) is 0 Å². The molecule has 0 unspecified atom stereocenters. The van der Waals surface area contributed by atoms with E-state index in [0.717, 1.165) is 28.6 Å². The summed E-state index contributed by atoms with van der Waals surface area (Å²) in [5.41, 5.74) is 3.07. The maximum atomic E-state index is 12.5. The number of carbonyl (C=O) groups excluding carboxylic acids is 2. The quantitative estimate of drug-likeness (QED) is 0.877. The number of amides is 2. The molecule has 0 spiro atoms. The summed E-state index contributed by atoms with van der Waals surface area (Å²) in [4.78, 5) is 26.3. The summed E-state index contributed by atoms with van der Waals surface area (Å²) in [6.07, 6.45) is 2.22. The molecule has 1 heterocycles. The smallest absolute Gasteiger partial charge is 0.246 e. The summed E-state index contributed by atoms with van der Waals surface area (Å²) < 4.78 is 0.939. The van der Waals surface area contributed by atoms with Crippen molar-refractivity contribution < 1.29 is 9.59 Å². The number of halogens is 1. The van der Waals surface area contributed by atoms with Gasteiger partial charge >= 0.3 is 0 Å². The maximum Gasteiger partial charge on any atom is 0.246 e. The number of para-hydroxylation sites is 1. The van der Waals surface area contributed by atoms with Crippen LogP contribution in [0.5, 0.6) is 0 Å². The average molecular weight is 387 g/mol. The van der Waals surface area contributed by atoms with Crippen molar-refractivity contribution in [1.29, 1.82) is 0 Å². The number of fused-ring (bicyclic) bond motifs is 1. The largest absolute Gasteiger partial charge is 0.347 e. The minimum absolute atomic E-state index is 0.0289. The lowest BCUT2D eigenvalue weighted by Gasteiger charge is -2.29. The molecule has 0 saturated heterocycles. The predicted molar refractivity (Wildman–Crippen MR) is 98.0 cm³/mol. The molecule has 5 heteroatoms. The zero-order valence-corrected chi connectivity index (χ0v) is 14.9. The van der Waals surface area contributed by atoms with Gasteiger partial charge in [0.15, 0.2) is 0 Å². The lowest BCUT2D eigenvalue weighted by molar-refractivity contribution is -0.124. The average Bonchev–Trinajstić information content (AvgIpc) is 2.59. The van der Waals surface area contributed by atoms with Crippen LogP contribution in [0, 0.1) is 0 Å². The normalized spacial score (nSPS) is 13.3. The Labute approximate surface area is 150 Å².